The van der Waals surface area contributed by atoms with Gasteiger partial charge in [-0.1, -0.05) is 37.5 Å². The number of aromatic nitrogens is 1. The molecule has 0 spiro atoms. The van der Waals surface area contributed by atoms with Crippen molar-refractivity contribution in [3.05, 3.63) is 53.9 Å². The number of rotatable bonds is 7. The summed E-state index contributed by atoms with van der Waals surface area (Å²) >= 11 is 0. The number of benzene rings is 1. The maximum Gasteiger partial charge on any atom is 0.238 e. The number of carbonyl (C=O) groups excluding carboxylic acids is 2. The van der Waals surface area contributed by atoms with Crippen molar-refractivity contribution in [3.63, 3.8) is 0 Å². The van der Waals surface area contributed by atoms with Crippen LogP contribution in [0.15, 0.2) is 42.7 Å². The molecule has 2 aromatic rings. The largest absolute Gasteiger partial charge is 0.368 e. The highest BCUT2D eigenvalue weighted by atomic mass is 16.2. The van der Waals surface area contributed by atoms with Gasteiger partial charge in [-0.15, -0.1) is 0 Å². The Hall–Kier alpha value is -2.93. The van der Waals surface area contributed by atoms with E-state index in [0.717, 1.165) is 69.2 Å². The Balaban J connectivity index is 1.45. The van der Waals surface area contributed by atoms with E-state index < -0.39 is 17.4 Å². The van der Waals surface area contributed by atoms with Crippen LogP contribution in [-0.2, 0) is 16.0 Å². The fourth-order valence-corrected chi connectivity index (χ4v) is 6.95. The van der Waals surface area contributed by atoms with E-state index in [1.807, 2.05) is 24.2 Å². The quantitative estimate of drug-likeness (QED) is 0.581. The highest BCUT2D eigenvalue weighted by Crippen LogP contribution is 2.42. The van der Waals surface area contributed by atoms with Crippen molar-refractivity contribution in [2.75, 3.05) is 25.0 Å². The Labute approximate surface area is 220 Å². The third kappa shape index (κ3) is 4.86. The number of pyridine rings is 1. The van der Waals surface area contributed by atoms with Gasteiger partial charge in [0.2, 0.25) is 11.8 Å². The van der Waals surface area contributed by atoms with E-state index in [4.69, 9.17) is 5.73 Å². The molecule has 2 amide bonds. The van der Waals surface area contributed by atoms with Gasteiger partial charge >= 0.3 is 0 Å². The number of primary amides is 1. The molecule has 1 saturated carbocycles. The van der Waals surface area contributed by atoms with Gasteiger partial charge in [0.15, 0.2) is 0 Å². The molecule has 5 rings (SSSR count). The molecule has 1 aromatic carbocycles. The topological polar surface area (TPSA) is 91.6 Å². The molecule has 1 saturated heterocycles. The van der Waals surface area contributed by atoms with E-state index in [1.165, 1.54) is 17.7 Å². The van der Waals surface area contributed by atoms with Crippen LogP contribution in [0.3, 0.4) is 0 Å². The van der Waals surface area contributed by atoms with Gasteiger partial charge in [0.05, 0.1) is 23.8 Å². The Morgan fingerprint density at radius 3 is 2.59 bits per heavy atom. The average Bonchev–Trinajstić information content (AvgIpc) is 3.43. The van der Waals surface area contributed by atoms with Crippen molar-refractivity contribution in [1.82, 2.24) is 15.2 Å². The van der Waals surface area contributed by atoms with Crippen molar-refractivity contribution in [2.24, 2.45) is 17.6 Å². The minimum absolute atomic E-state index is 0.0416. The van der Waals surface area contributed by atoms with Gasteiger partial charge in [-0.05, 0) is 81.7 Å². The number of carbonyl (C=O) groups is 2. The Morgan fingerprint density at radius 1 is 1.05 bits per heavy atom. The maximum atomic E-state index is 14.3. The number of nitrogens with one attached hydrogen (secondary N) is 1. The summed E-state index contributed by atoms with van der Waals surface area (Å²) in [6.45, 7) is 3.47. The van der Waals surface area contributed by atoms with E-state index in [1.54, 1.807) is 7.05 Å². The van der Waals surface area contributed by atoms with E-state index >= 15 is 0 Å². The van der Waals surface area contributed by atoms with E-state index in [0.29, 0.717) is 6.54 Å². The second kappa shape index (κ2) is 10.8. The van der Waals surface area contributed by atoms with E-state index in [9.17, 15) is 9.59 Å². The molecular weight excluding hydrogens is 462 g/mol. The van der Waals surface area contributed by atoms with Crippen molar-refractivity contribution >= 4 is 23.2 Å². The standard InChI is InChI=1S/C30H41N5O2/c1-30(32-2,29(31)37)27(22-11-4-3-5-12-22)28(36)35-17-9-15-26(35)23-18-24(20-33-19-23)34-16-8-13-21-10-6-7-14-25(21)34/h6-7,10,14,18-20,22,26-27,32H,3-5,8-9,11-13,15-17H2,1-2H3,(H2,31,37)/t26-,27+,30?/m0/s1. The van der Waals surface area contributed by atoms with Crippen LogP contribution in [0.25, 0.3) is 0 Å². The summed E-state index contributed by atoms with van der Waals surface area (Å²) in [6, 6.07) is 10.8. The van der Waals surface area contributed by atoms with Crippen LogP contribution < -0.4 is 16.0 Å². The number of fused-ring (bicyclic) bond motifs is 1. The maximum absolute atomic E-state index is 14.3. The van der Waals surface area contributed by atoms with Crippen molar-refractivity contribution in [2.45, 2.75) is 76.3 Å². The second-order valence-corrected chi connectivity index (χ2v) is 11.2. The van der Waals surface area contributed by atoms with Crippen LogP contribution in [0.1, 0.15) is 75.5 Å². The number of amides is 2. The highest BCUT2D eigenvalue weighted by molar-refractivity contribution is 5.93. The first-order chi connectivity index (χ1) is 17.9. The van der Waals surface area contributed by atoms with Crippen LogP contribution in [-0.4, -0.2) is 47.4 Å². The van der Waals surface area contributed by atoms with E-state index in [2.05, 4.69) is 45.5 Å². The summed E-state index contributed by atoms with van der Waals surface area (Å²) in [6.07, 6.45) is 13.2. The summed E-state index contributed by atoms with van der Waals surface area (Å²) < 4.78 is 0. The minimum atomic E-state index is -1.08. The molecule has 1 aromatic heterocycles. The zero-order valence-corrected chi connectivity index (χ0v) is 22.3. The lowest BCUT2D eigenvalue weighted by molar-refractivity contribution is -0.147. The lowest BCUT2D eigenvalue weighted by Crippen LogP contribution is -2.63. The van der Waals surface area contributed by atoms with Crippen LogP contribution >= 0.6 is 0 Å². The molecule has 2 fully saturated rings. The summed E-state index contributed by atoms with van der Waals surface area (Å²) in [7, 11) is 1.75. The zero-order chi connectivity index (χ0) is 26.0. The zero-order valence-electron chi connectivity index (χ0n) is 22.3. The van der Waals surface area contributed by atoms with Gasteiger partial charge in [0.25, 0.3) is 0 Å². The molecule has 1 aliphatic carbocycles. The first kappa shape index (κ1) is 25.7. The number of likely N-dealkylation sites (N-methyl/N-ethyl adjacent to an activating group) is 1. The Morgan fingerprint density at radius 2 is 1.84 bits per heavy atom. The lowest BCUT2D eigenvalue weighted by atomic mass is 9.69. The molecule has 0 bridgehead atoms. The summed E-state index contributed by atoms with van der Waals surface area (Å²) in [5.74, 6) is -0.719. The molecule has 3 aliphatic rings. The number of nitrogens with zero attached hydrogens (tertiary/aromatic N) is 3. The van der Waals surface area contributed by atoms with Crippen LogP contribution in [0, 0.1) is 11.8 Å². The predicted octanol–water partition coefficient (Wildman–Crippen LogP) is 4.49. The molecule has 7 heteroatoms. The summed E-state index contributed by atoms with van der Waals surface area (Å²) in [5.41, 5.74) is 9.60. The van der Waals surface area contributed by atoms with Crippen molar-refractivity contribution in [1.29, 1.82) is 0 Å². The third-order valence-electron chi connectivity index (χ3n) is 9.13. The molecule has 3 heterocycles. The fourth-order valence-electron chi connectivity index (χ4n) is 6.95. The van der Waals surface area contributed by atoms with Gasteiger partial charge in [0, 0.05) is 25.0 Å². The molecule has 3 atom stereocenters. The number of hydrogen-bond donors (Lipinski definition) is 2. The SMILES string of the molecule is CNC(C)(C(N)=O)[C@@H](C(=O)N1CCC[C@H]1c1cncc(N2CCCc3ccccc32)c1)C1CCCCC1. The molecule has 3 N–H and O–H groups in total. The molecular formula is C30H41N5O2. The van der Waals surface area contributed by atoms with Crippen LogP contribution in [0.2, 0.25) is 0 Å². The van der Waals surface area contributed by atoms with Crippen LogP contribution in [0.4, 0.5) is 11.4 Å². The van der Waals surface area contributed by atoms with Gasteiger partial charge < -0.3 is 20.9 Å². The van der Waals surface area contributed by atoms with Crippen LogP contribution in [0.5, 0.6) is 0 Å². The third-order valence-corrected chi connectivity index (χ3v) is 9.13. The van der Waals surface area contributed by atoms with Gasteiger partial charge in [0.1, 0.15) is 5.54 Å². The molecule has 0 radical (unpaired) electrons. The first-order valence-electron chi connectivity index (χ1n) is 14.0. The summed E-state index contributed by atoms with van der Waals surface area (Å²) in [4.78, 5) is 36.0. The van der Waals surface area contributed by atoms with Crippen molar-refractivity contribution in [3.8, 4) is 0 Å². The van der Waals surface area contributed by atoms with Gasteiger partial charge in [-0.2, -0.15) is 0 Å². The molecule has 198 valence electrons. The number of nitrogens with two attached hydrogens (primary N) is 1. The summed E-state index contributed by atoms with van der Waals surface area (Å²) in [5, 5.41) is 3.15. The normalized spacial score (nSPS) is 22.8. The Bertz CT molecular complexity index is 1130. The van der Waals surface area contributed by atoms with Gasteiger partial charge in [-0.25, -0.2) is 0 Å². The number of para-hydroxylation sites is 1. The fraction of sp³-hybridized carbons (Fsp3) is 0.567. The van der Waals surface area contributed by atoms with Gasteiger partial charge in [-0.3, -0.25) is 14.6 Å². The number of aryl methyl sites for hydroxylation is 1. The minimum Gasteiger partial charge on any atom is -0.368 e. The number of anilines is 2. The average molecular weight is 504 g/mol. The molecule has 7 nitrogen and oxygen atoms in total. The number of hydrogen-bond acceptors (Lipinski definition) is 5. The molecule has 2 aliphatic heterocycles. The predicted molar refractivity (Wildman–Crippen MR) is 146 cm³/mol. The number of likely N-dealkylation sites (tertiary alicyclic amines) is 1. The molecule has 1 unspecified atom stereocenters. The highest BCUT2D eigenvalue weighted by Gasteiger charge is 2.50. The Kier molecular flexibility index (Phi) is 7.52. The van der Waals surface area contributed by atoms with Crippen molar-refractivity contribution < 1.29 is 9.59 Å². The smallest absolute Gasteiger partial charge is 0.238 e. The van der Waals surface area contributed by atoms with E-state index in [-0.39, 0.29) is 17.9 Å². The second-order valence-electron chi connectivity index (χ2n) is 11.2. The molecule has 37 heavy (non-hydrogen) atoms. The first-order valence-corrected chi connectivity index (χ1v) is 14.0. The lowest BCUT2D eigenvalue weighted by Gasteiger charge is -2.43. The monoisotopic (exact) mass is 503 g/mol.